The number of hydrogen-bond donors (Lipinski definition) is 1. The molecule has 0 spiro atoms. The van der Waals surface area contributed by atoms with E-state index in [9.17, 15) is 18.0 Å². The van der Waals surface area contributed by atoms with Crippen LogP contribution in [-0.2, 0) is 0 Å². The average Bonchev–Trinajstić information content (AvgIpc) is 2.62. The molecule has 2 aliphatic heterocycles. The first kappa shape index (κ1) is 18.7. The molecule has 6 nitrogen and oxygen atoms in total. The number of piperidine rings is 2. The van der Waals surface area contributed by atoms with Gasteiger partial charge in [0.25, 0.3) is 0 Å². The van der Waals surface area contributed by atoms with Crippen LogP contribution in [0.15, 0.2) is 18.3 Å². The molecule has 0 bridgehead atoms. The lowest BCUT2D eigenvalue weighted by Gasteiger charge is -2.36. The number of likely N-dealkylation sites (tertiary alicyclic amines) is 1. The standard InChI is InChI=1S/C17H24F3N5O/c18-17(19,20)12-13-3-8-25(9-4-13)16(26)22-14-5-10-24(11-6-14)15-2-1-7-21-23-15/h1-2,7,13-14H,3-6,8-12H2,(H,22,26). The van der Waals surface area contributed by atoms with Crippen LogP contribution in [0.1, 0.15) is 32.1 Å². The third-order valence-electron chi connectivity index (χ3n) is 5.13. The number of carbonyl (C=O) groups excluding carboxylic acids is 1. The van der Waals surface area contributed by atoms with Crippen LogP contribution in [0.3, 0.4) is 0 Å². The number of aromatic nitrogens is 2. The molecule has 26 heavy (non-hydrogen) atoms. The number of urea groups is 1. The Balaban J connectivity index is 1.40. The Morgan fingerprint density at radius 1 is 1.15 bits per heavy atom. The molecule has 2 amide bonds. The Hall–Kier alpha value is -2.06. The summed E-state index contributed by atoms with van der Waals surface area (Å²) in [5.41, 5.74) is 0. The lowest BCUT2D eigenvalue weighted by molar-refractivity contribution is -0.147. The molecule has 2 aliphatic rings. The summed E-state index contributed by atoms with van der Waals surface area (Å²) in [5, 5.41) is 11.0. The van der Waals surface area contributed by atoms with Gasteiger partial charge < -0.3 is 15.1 Å². The second-order valence-corrected chi connectivity index (χ2v) is 7.04. The lowest BCUT2D eigenvalue weighted by Crippen LogP contribution is -2.51. The Labute approximate surface area is 150 Å². The summed E-state index contributed by atoms with van der Waals surface area (Å²) >= 11 is 0. The molecule has 3 heterocycles. The van der Waals surface area contributed by atoms with E-state index in [1.54, 1.807) is 11.1 Å². The molecule has 1 N–H and O–H groups in total. The number of nitrogens with zero attached hydrogens (tertiary/aromatic N) is 4. The third kappa shape index (κ3) is 5.22. The number of anilines is 1. The highest BCUT2D eigenvalue weighted by atomic mass is 19.4. The molecule has 144 valence electrons. The van der Waals surface area contributed by atoms with Gasteiger partial charge in [-0.15, -0.1) is 5.10 Å². The fourth-order valence-corrected chi connectivity index (χ4v) is 3.65. The second-order valence-electron chi connectivity index (χ2n) is 7.04. The van der Waals surface area contributed by atoms with Gasteiger partial charge in [0.2, 0.25) is 0 Å². The van der Waals surface area contributed by atoms with E-state index in [0.717, 1.165) is 31.7 Å². The Bertz CT molecular complexity index is 582. The molecule has 0 radical (unpaired) electrons. The summed E-state index contributed by atoms with van der Waals surface area (Å²) < 4.78 is 37.4. The van der Waals surface area contributed by atoms with Crippen LogP contribution in [0.4, 0.5) is 23.8 Å². The fraction of sp³-hybridized carbons (Fsp3) is 0.706. The van der Waals surface area contributed by atoms with Gasteiger partial charge in [0.1, 0.15) is 0 Å². The molecule has 0 atom stereocenters. The maximum atomic E-state index is 12.5. The molecular formula is C17H24F3N5O. The van der Waals surface area contributed by atoms with Crippen molar-refractivity contribution in [1.82, 2.24) is 20.4 Å². The molecule has 2 saturated heterocycles. The van der Waals surface area contributed by atoms with Gasteiger partial charge in [-0.3, -0.25) is 0 Å². The molecule has 1 aromatic rings. The first-order valence-corrected chi connectivity index (χ1v) is 9.05. The van der Waals surface area contributed by atoms with E-state index < -0.39 is 12.6 Å². The van der Waals surface area contributed by atoms with Crippen molar-refractivity contribution < 1.29 is 18.0 Å². The summed E-state index contributed by atoms with van der Waals surface area (Å²) in [6.45, 7) is 2.37. The number of nitrogens with one attached hydrogen (secondary N) is 1. The summed E-state index contributed by atoms with van der Waals surface area (Å²) in [7, 11) is 0. The van der Waals surface area contributed by atoms with Gasteiger partial charge in [-0.2, -0.15) is 18.3 Å². The summed E-state index contributed by atoms with van der Waals surface area (Å²) in [5.74, 6) is 0.471. The van der Waals surface area contributed by atoms with Gasteiger partial charge in [0, 0.05) is 44.8 Å². The highest BCUT2D eigenvalue weighted by Gasteiger charge is 2.34. The first-order chi connectivity index (χ1) is 12.4. The van der Waals surface area contributed by atoms with Gasteiger partial charge in [0.05, 0.1) is 0 Å². The molecule has 0 aliphatic carbocycles. The van der Waals surface area contributed by atoms with Crippen LogP contribution in [0.2, 0.25) is 0 Å². The van der Waals surface area contributed by atoms with Crippen molar-refractivity contribution in [2.45, 2.75) is 44.3 Å². The van der Waals surface area contributed by atoms with E-state index in [-0.39, 0.29) is 18.0 Å². The molecule has 0 aromatic carbocycles. The van der Waals surface area contributed by atoms with Crippen LogP contribution >= 0.6 is 0 Å². The number of hydrogen-bond acceptors (Lipinski definition) is 4. The van der Waals surface area contributed by atoms with E-state index in [2.05, 4.69) is 20.4 Å². The van der Waals surface area contributed by atoms with Gasteiger partial charge in [-0.25, -0.2) is 4.79 Å². The fourth-order valence-electron chi connectivity index (χ4n) is 3.65. The smallest absolute Gasteiger partial charge is 0.355 e. The van der Waals surface area contributed by atoms with Gasteiger partial charge in [-0.05, 0) is 43.7 Å². The van der Waals surface area contributed by atoms with E-state index in [1.807, 2.05) is 12.1 Å². The second kappa shape index (κ2) is 8.09. The number of amides is 2. The molecule has 0 unspecified atom stereocenters. The average molecular weight is 371 g/mol. The molecule has 2 fully saturated rings. The highest BCUT2D eigenvalue weighted by Crippen LogP contribution is 2.31. The van der Waals surface area contributed by atoms with Crippen molar-refractivity contribution in [3.05, 3.63) is 18.3 Å². The zero-order chi connectivity index (χ0) is 18.6. The lowest BCUT2D eigenvalue weighted by atomic mass is 9.93. The van der Waals surface area contributed by atoms with Crippen LogP contribution in [-0.4, -0.2) is 59.5 Å². The highest BCUT2D eigenvalue weighted by molar-refractivity contribution is 5.74. The molecular weight excluding hydrogens is 347 g/mol. The van der Waals surface area contributed by atoms with Crippen LogP contribution in [0.5, 0.6) is 0 Å². The molecule has 0 saturated carbocycles. The van der Waals surface area contributed by atoms with Crippen molar-refractivity contribution in [3.63, 3.8) is 0 Å². The van der Waals surface area contributed by atoms with Crippen molar-refractivity contribution in [3.8, 4) is 0 Å². The topological polar surface area (TPSA) is 61.4 Å². The minimum atomic E-state index is -4.12. The van der Waals surface area contributed by atoms with Crippen molar-refractivity contribution in [2.24, 2.45) is 5.92 Å². The maximum Gasteiger partial charge on any atom is 0.389 e. The summed E-state index contributed by atoms with van der Waals surface area (Å²) in [4.78, 5) is 16.1. The molecule has 1 aromatic heterocycles. The zero-order valence-electron chi connectivity index (χ0n) is 14.6. The first-order valence-electron chi connectivity index (χ1n) is 9.05. The van der Waals surface area contributed by atoms with Crippen molar-refractivity contribution >= 4 is 11.8 Å². The minimum absolute atomic E-state index is 0.0864. The largest absolute Gasteiger partial charge is 0.389 e. The molecule has 3 rings (SSSR count). The van der Waals surface area contributed by atoms with Crippen molar-refractivity contribution in [2.75, 3.05) is 31.1 Å². The number of halogens is 3. The third-order valence-corrected chi connectivity index (χ3v) is 5.13. The van der Waals surface area contributed by atoms with E-state index in [4.69, 9.17) is 0 Å². The van der Waals surface area contributed by atoms with E-state index in [0.29, 0.717) is 25.9 Å². The van der Waals surface area contributed by atoms with Crippen LogP contribution in [0.25, 0.3) is 0 Å². The zero-order valence-corrected chi connectivity index (χ0v) is 14.6. The number of alkyl halides is 3. The minimum Gasteiger partial charge on any atom is -0.355 e. The summed E-state index contributed by atoms with van der Waals surface area (Å²) in [6, 6.07) is 3.69. The quantitative estimate of drug-likeness (QED) is 0.888. The monoisotopic (exact) mass is 371 g/mol. The van der Waals surface area contributed by atoms with E-state index >= 15 is 0 Å². The Kier molecular flexibility index (Phi) is 5.83. The normalized spacial score (nSPS) is 20.3. The SMILES string of the molecule is O=C(NC1CCN(c2cccnn2)CC1)N1CCC(CC(F)(F)F)CC1. The Morgan fingerprint density at radius 3 is 2.42 bits per heavy atom. The Morgan fingerprint density at radius 2 is 1.85 bits per heavy atom. The van der Waals surface area contributed by atoms with Gasteiger partial charge >= 0.3 is 12.2 Å². The van der Waals surface area contributed by atoms with Crippen molar-refractivity contribution in [1.29, 1.82) is 0 Å². The van der Waals surface area contributed by atoms with Gasteiger partial charge in [0.15, 0.2) is 5.82 Å². The predicted molar refractivity (Wildman–Crippen MR) is 90.8 cm³/mol. The van der Waals surface area contributed by atoms with E-state index in [1.165, 1.54) is 0 Å². The number of carbonyl (C=O) groups is 1. The maximum absolute atomic E-state index is 12.5. The number of rotatable bonds is 3. The van der Waals surface area contributed by atoms with Crippen LogP contribution < -0.4 is 10.2 Å². The van der Waals surface area contributed by atoms with Crippen LogP contribution in [0, 0.1) is 5.92 Å². The summed E-state index contributed by atoms with van der Waals surface area (Å²) in [6.07, 6.45) is -0.778. The molecule has 9 heteroatoms. The van der Waals surface area contributed by atoms with Gasteiger partial charge in [-0.1, -0.05) is 0 Å². The predicted octanol–water partition coefficient (Wildman–Crippen LogP) is 2.82.